The van der Waals surface area contributed by atoms with Gasteiger partial charge in [-0.15, -0.1) is 0 Å². The average molecular weight is 519 g/mol. The van der Waals surface area contributed by atoms with Gasteiger partial charge in [0.05, 0.1) is 43.9 Å². The molecule has 0 saturated carbocycles. The number of ether oxygens (including phenoxy) is 6. The molecule has 5 aliphatic rings. The third kappa shape index (κ3) is 2.63. The van der Waals surface area contributed by atoms with E-state index in [2.05, 4.69) is 0 Å². The summed E-state index contributed by atoms with van der Waals surface area (Å²) in [6, 6.07) is 0. The van der Waals surface area contributed by atoms with Gasteiger partial charge in [-0.1, -0.05) is 13.8 Å². The summed E-state index contributed by atoms with van der Waals surface area (Å²) in [6.07, 6.45) is 0.636. The summed E-state index contributed by atoms with van der Waals surface area (Å²) in [4.78, 5) is 0. The second-order valence-electron chi connectivity index (χ2n) is 12.8. The summed E-state index contributed by atoms with van der Waals surface area (Å²) in [5.41, 5.74) is -9.02. The Bertz CT molecular complexity index is 911. The monoisotopic (exact) mass is 518 g/mol. The minimum absolute atomic E-state index is 0.0348. The Morgan fingerprint density at radius 3 is 1.44 bits per heavy atom. The van der Waals surface area contributed by atoms with Crippen LogP contribution in [0, 0.1) is 10.8 Å². The van der Waals surface area contributed by atoms with Crippen LogP contribution in [-0.4, -0.2) is 106 Å². The highest BCUT2D eigenvalue weighted by molar-refractivity contribution is 5.30. The maximum absolute atomic E-state index is 11.8. The Morgan fingerprint density at radius 1 is 0.611 bits per heavy atom. The van der Waals surface area contributed by atoms with Crippen molar-refractivity contribution in [1.82, 2.24) is 0 Å². The van der Waals surface area contributed by atoms with Crippen LogP contribution in [0.1, 0.15) is 68.7 Å². The lowest BCUT2D eigenvalue weighted by Gasteiger charge is -2.79. The first-order valence-electron chi connectivity index (χ1n) is 12.8. The molecule has 0 aliphatic carbocycles. The maximum atomic E-state index is 11.8. The third-order valence-corrected chi connectivity index (χ3v) is 11.5. The molecule has 4 bridgehead atoms. The van der Waals surface area contributed by atoms with E-state index in [9.17, 15) is 20.4 Å². The van der Waals surface area contributed by atoms with Crippen molar-refractivity contribution < 1.29 is 48.8 Å². The molecule has 0 spiro atoms. The molecule has 10 atom stereocenters. The van der Waals surface area contributed by atoms with Gasteiger partial charge in [-0.05, 0) is 54.9 Å². The molecule has 0 aromatic heterocycles. The summed E-state index contributed by atoms with van der Waals surface area (Å²) in [5.74, 6) is -2.68. The van der Waals surface area contributed by atoms with Gasteiger partial charge in [-0.3, -0.25) is 0 Å². The van der Waals surface area contributed by atoms with E-state index in [0.717, 1.165) is 0 Å². The van der Waals surface area contributed by atoms with Crippen LogP contribution in [0.4, 0.5) is 0 Å². The summed E-state index contributed by atoms with van der Waals surface area (Å²) in [5, 5.41) is 44.1. The fraction of sp³-hybridized carbons (Fsp3) is 1.00. The lowest BCUT2D eigenvalue weighted by Crippen LogP contribution is -2.94. The third-order valence-electron chi connectivity index (χ3n) is 11.5. The minimum atomic E-state index is -1.49. The number of rotatable bonds is 9. The Morgan fingerprint density at radius 2 is 1.03 bits per heavy atom. The molecule has 36 heavy (non-hydrogen) atoms. The maximum Gasteiger partial charge on any atom is 0.203 e. The first kappa shape index (κ1) is 28.6. The van der Waals surface area contributed by atoms with Crippen molar-refractivity contribution in [2.45, 2.75) is 114 Å². The second kappa shape index (κ2) is 7.62. The molecule has 0 aromatic carbocycles. The van der Waals surface area contributed by atoms with Crippen molar-refractivity contribution in [2.24, 2.45) is 10.8 Å². The van der Waals surface area contributed by atoms with Crippen molar-refractivity contribution in [1.29, 1.82) is 0 Å². The minimum Gasteiger partial charge on any atom is -0.391 e. The largest absolute Gasteiger partial charge is 0.391 e. The summed E-state index contributed by atoms with van der Waals surface area (Å²) in [7, 11) is 1.52. The summed E-state index contributed by atoms with van der Waals surface area (Å²) < 4.78 is 36.4. The number of methoxy groups -OCH3 is 1. The fourth-order valence-corrected chi connectivity index (χ4v) is 7.62. The van der Waals surface area contributed by atoms with E-state index >= 15 is 0 Å². The van der Waals surface area contributed by atoms with Crippen molar-refractivity contribution in [2.75, 3.05) is 40.1 Å². The number of aliphatic hydroxyl groups is 4. The van der Waals surface area contributed by atoms with Crippen LogP contribution in [0.3, 0.4) is 0 Å². The molecule has 210 valence electrons. The molecule has 4 N–H and O–H groups in total. The Kier molecular flexibility index (Phi) is 6.05. The van der Waals surface area contributed by atoms with Crippen LogP contribution in [0.2, 0.25) is 0 Å². The van der Waals surface area contributed by atoms with Gasteiger partial charge in [-0.25, -0.2) is 0 Å². The summed E-state index contributed by atoms with van der Waals surface area (Å²) in [6.45, 7) is 15.5. The molecule has 5 saturated heterocycles. The Hall–Kier alpha value is -0.400. The lowest BCUT2D eigenvalue weighted by atomic mass is 9.49. The normalized spacial score (nSPS) is 59.8. The van der Waals surface area contributed by atoms with E-state index in [1.54, 1.807) is 34.6 Å². The highest BCUT2D eigenvalue weighted by Crippen LogP contribution is 2.71. The van der Waals surface area contributed by atoms with E-state index in [4.69, 9.17) is 28.4 Å². The standard InChI is InChI=1S/C26H46O10/c1-11-17(2)23(8)22(7,30)20(5,34-25(17,12-27)35-23)16-32-14-18(3)24(9)21(6,29)19(4,15-31-10)33-26(18,13-28)36-24/h27-30H,11-16H2,1-10H3/t17-,18-,19+,20+,21?,22?,23?,24?,25?,26?/m0/s1. The molecule has 5 heterocycles. The molecular formula is C26H46O10. The lowest BCUT2D eigenvalue weighted by molar-refractivity contribution is -0.581. The van der Waals surface area contributed by atoms with Crippen LogP contribution in [-0.2, 0) is 28.4 Å². The SMILES string of the molecule is CC[C@]1(C)C2(CO)OC1(C)C(C)(O)[C@@](C)(COC[C@]1(C)C3(CO)OC1(C)C(C)(O)[C@@](C)(COC)O3)O2. The van der Waals surface area contributed by atoms with Crippen LogP contribution in [0.25, 0.3) is 0 Å². The molecule has 0 aromatic rings. The first-order chi connectivity index (χ1) is 16.3. The van der Waals surface area contributed by atoms with Gasteiger partial charge in [0.25, 0.3) is 0 Å². The van der Waals surface area contributed by atoms with Gasteiger partial charge in [0.1, 0.15) is 33.6 Å². The summed E-state index contributed by atoms with van der Waals surface area (Å²) >= 11 is 0. The van der Waals surface area contributed by atoms with Crippen molar-refractivity contribution in [3.8, 4) is 0 Å². The molecule has 0 amide bonds. The quantitative estimate of drug-likeness (QED) is 0.351. The van der Waals surface area contributed by atoms with Crippen LogP contribution in [0.5, 0.6) is 0 Å². The van der Waals surface area contributed by atoms with Crippen LogP contribution < -0.4 is 0 Å². The molecule has 5 fully saturated rings. The molecule has 10 heteroatoms. The topological polar surface area (TPSA) is 136 Å². The van der Waals surface area contributed by atoms with Gasteiger partial charge in [0.2, 0.25) is 11.6 Å². The van der Waals surface area contributed by atoms with E-state index < -0.39 is 62.6 Å². The van der Waals surface area contributed by atoms with Crippen molar-refractivity contribution in [3.63, 3.8) is 0 Å². The van der Waals surface area contributed by atoms with E-state index in [1.165, 1.54) is 7.11 Å². The zero-order valence-corrected chi connectivity index (χ0v) is 23.5. The van der Waals surface area contributed by atoms with E-state index in [0.29, 0.717) is 6.42 Å². The zero-order chi connectivity index (χ0) is 27.5. The average Bonchev–Trinajstić information content (AvgIpc) is 2.79. The highest BCUT2D eigenvalue weighted by Gasteiger charge is 2.87. The molecule has 6 unspecified atom stereocenters. The van der Waals surface area contributed by atoms with Crippen LogP contribution in [0.15, 0.2) is 0 Å². The van der Waals surface area contributed by atoms with Gasteiger partial charge in [-0.2, -0.15) is 0 Å². The highest BCUT2D eigenvalue weighted by atomic mass is 16.8. The zero-order valence-electron chi connectivity index (χ0n) is 23.5. The van der Waals surface area contributed by atoms with Gasteiger partial charge in [0, 0.05) is 7.11 Å². The van der Waals surface area contributed by atoms with Crippen molar-refractivity contribution in [3.05, 3.63) is 0 Å². The van der Waals surface area contributed by atoms with Gasteiger partial charge < -0.3 is 48.8 Å². The first-order valence-corrected chi connectivity index (χ1v) is 12.8. The Labute approximate surface area is 214 Å². The smallest absolute Gasteiger partial charge is 0.203 e. The molecular weight excluding hydrogens is 472 g/mol. The van der Waals surface area contributed by atoms with Crippen molar-refractivity contribution >= 4 is 0 Å². The van der Waals surface area contributed by atoms with E-state index in [1.807, 2.05) is 27.7 Å². The second-order valence-corrected chi connectivity index (χ2v) is 12.8. The number of fused-ring (bicyclic) bond motifs is 4. The molecule has 5 rings (SSSR count). The predicted molar refractivity (Wildman–Crippen MR) is 128 cm³/mol. The van der Waals surface area contributed by atoms with Gasteiger partial charge >= 0.3 is 0 Å². The fourth-order valence-electron chi connectivity index (χ4n) is 7.62. The van der Waals surface area contributed by atoms with E-state index in [-0.39, 0.29) is 26.4 Å². The molecule has 5 aliphatic heterocycles. The molecule has 10 nitrogen and oxygen atoms in total. The number of aliphatic hydroxyl groups excluding tert-OH is 2. The predicted octanol–water partition coefficient (Wildman–Crippen LogP) is 1.11. The Balaban J connectivity index is 1.59. The van der Waals surface area contributed by atoms with Gasteiger partial charge in [0.15, 0.2) is 0 Å². The molecule has 0 radical (unpaired) electrons. The van der Waals surface area contributed by atoms with Crippen LogP contribution >= 0.6 is 0 Å². The number of hydrogen-bond acceptors (Lipinski definition) is 10. The number of hydrogen-bond donors (Lipinski definition) is 4.